The second-order valence-electron chi connectivity index (χ2n) is 23.3. The zero-order chi connectivity index (χ0) is 52.6. The lowest BCUT2D eigenvalue weighted by atomic mass is 9.84. The summed E-state index contributed by atoms with van der Waals surface area (Å²) >= 11 is 0. The number of anilines is 6. The number of fused-ring (bicyclic) bond motifs is 12. The second kappa shape index (κ2) is 17.1. The van der Waals surface area contributed by atoms with Gasteiger partial charge in [0, 0.05) is 65.6 Å². The lowest BCUT2D eigenvalue weighted by Gasteiger charge is -2.30. The predicted molar refractivity (Wildman–Crippen MR) is 333 cm³/mol. The third-order valence-electron chi connectivity index (χ3n) is 16.7. The molecule has 0 spiro atoms. The third-order valence-corrected chi connectivity index (χ3v) is 16.7. The van der Waals surface area contributed by atoms with Crippen LogP contribution in [-0.2, 0) is 10.8 Å². The molecule has 4 heterocycles. The highest BCUT2D eigenvalue weighted by Gasteiger charge is 2.30. The Balaban J connectivity index is 1.00. The fourth-order valence-electron chi connectivity index (χ4n) is 12.9. The van der Waals surface area contributed by atoms with E-state index >= 15 is 0 Å². The summed E-state index contributed by atoms with van der Waals surface area (Å²) < 4.78 is 5.12. The lowest BCUT2D eigenvalue weighted by Crippen LogP contribution is -2.15. The Morgan fingerprint density at radius 3 is 1.01 bits per heavy atom. The number of benzene rings is 11. The van der Waals surface area contributed by atoms with Gasteiger partial charge in [0.1, 0.15) is 0 Å². The molecule has 78 heavy (non-hydrogen) atoms. The Labute approximate surface area is 454 Å². The van der Waals surface area contributed by atoms with Crippen LogP contribution in [0.2, 0.25) is 0 Å². The largest absolute Gasteiger partial charge is 0.309 e. The van der Waals surface area contributed by atoms with E-state index in [0.717, 1.165) is 34.1 Å². The van der Waals surface area contributed by atoms with Crippen molar-refractivity contribution >= 4 is 110 Å². The normalized spacial score (nSPS) is 12.5. The van der Waals surface area contributed by atoms with E-state index in [4.69, 9.17) is 0 Å². The molecule has 374 valence electrons. The minimum Gasteiger partial charge on any atom is -0.309 e. The van der Waals surface area contributed by atoms with Gasteiger partial charge in [0.15, 0.2) is 0 Å². The van der Waals surface area contributed by atoms with Gasteiger partial charge in [0.2, 0.25) is 0 Å². The minimum atomic E-state index is -0.0255. The van der Waals surface area contributed by atoms with Crippen molar-refractivity contribution < 1.29 is 0 Å². The highest BCUT2D eigenvalue weighted by molar-refractivity contribution is 6.32. The number of aromatic nitrogens is 2. The minimum absolute atomic E-state index is 0.0255. The molecule has 0 aliphatic rings. The van der Waals surface area contributed by atoms with Crippen LogP contribution in [0.15, 0.2) is 243 Å². The first-order chi connectivity index (χ1) is 38.0. The standard InChI is InChI=1S/C74H58N4/c1-73(2,3)49-35-39-63(57(43-49)47-23-11-7-12-24-47)75(51-27-15-9-16-28-51)65-41-37-53-59-45-68-60(46-67(59)77-61-33-21-19-31-55(61)69(65)71(53)77)54-38-42-66(70-56-32-20-22-34-62(56)78(68)72(54)70)76(52-29-17-10-18-30-52)64-40-36-50(74(4,5)6)44-58(64)48-25-13-8-14-26-48/h7-46H,1-6H3. The van der Waals surface area contributed by atoms with Gasteiger partial charge in [-0.1, -0.05) is 199 Å². The first kappa shape index (κ1) is 46.0. The van der Waals surface area contributed by atoms with Crippen LogP contribution in [0.1, 0.15) is 52.7 Å². The van der Waals surface area contributed by atoms with Crippen molar-refractivity contribution in [1.82, 2.24) is 8.80 Å². The SMILES string of the molecule is CC(C)(C)c1ccc(N(c2ccccc2)c2ccc3c4cc5c(cc4n4c6ccccc6c2c34)c2ccc(N(c3ccccc3)c3ccc(C(C)(C)C)cc3-c3ccccc3)c3c4ccccc4n5c23)c(-c2ccccc2)c1. The second-order valence-corrected chi connectivity index (χ2v) is 23.3. The zero-order valence-electron chi connectivity index (χ0n) is 44.9. The van der Waals surface area contributed by atoms with Crippen molar-refractivity contribution in [3.63, 3.8) is 0 Å². The summed E-state index contributed by atoms with van der Waals surface area (Å²) in [6.45, 7) is 13.8. The smallest absolute Gasteiger partial charge is 0.0641 e. The molecule has 0 bridgehead atoms. The van der Waals surface area contributed by atoms with Crippen LogP contribution < -0.4 is 9.80 Å². The van der Waals surface area contributed by atoms with Crippen LogP contribution in [0.25, 0.3) is 98.4 Å². The van der Waals surface area contributed by atoms with Crippen molar-refractivity contribution in [2.24, 2.45) is 0 Å². The van der Waals surface area contributed by atoms with E-state index in [-0.39, 0.29) is 10.8 Å². The third kappa shape index (κ3) is 6.85. The summed E-state index contributed by atoms with van der Waals surface area (Å²) in [7, 11) is 0. The molecule has 4 nitrogen and oxygen atoms in total. The molecule has 0 saturated heterocycles. The molecule has 0 atom stereocenters. The fourth-order valence-corrected chi connectivity index (χ4v) is 12.9. The Morgan fingerprint density at radius 1 is 0.282 bits per heavy atom. The number of rotatable bonds is 8. The van der Waals surface area contributed by atoms with Crippen LogP contribution in [0, 0.1) is 0 Å². The van der Waals surface area contributed by atoms with E-state index in [1.54, 1.807) is 0 Å². The molecular formula is C74H58N4. The Hall–Kier alpha value is -9.38. The summed E-state index contributed by atoms with van der Waals surface area (Å²) in [4.78, 5) is 5.01. The lowest BCUT2D eigenvalue weighted by molar-refractivity contribution is 0.590. The molecule has 4 aromatic heterocycles. The monoisotopic (exact) mass is 1000 g/mol. The molecule has 15 rings (SSSR count). The Kier molecular flexibility index (Phi) is 10.1. The topological polar surface area (TPSA) is 15.3 Å². The number of para-hydroxylation sites is 4. The molecule has 0 fully saturated rings. The van der Waals surface area contributed by atoms with Crippen LogP contribution in [-0.4, -0.2) is 8.80 Å². The van der Waals surface area contributed by atoms with E-state index < -0.39 is 0 Å². The molecule has 0 unspecified atom stereocenters. The molecule has 15 aromatic rings. The first-order valence-corrected chi connectivity index (χ1v) is 27.4. The molecular weight excluding hydrogens is 945 g/mol. The number of hydrogen-bond donors (Lipinski definition) is 0. The maximum Gasteiger partial charge on any atom is 0.0641 e. The fraction of sp³-hybridized carbons (Fsp3) is 0.108. The van der Waals surface area contributed by atoms with E-state index in [9.17, 15) is 0 Å². The Morgan fingerprint density at radius 2 is 0.628 bits per heavy atom. The van der Waals surface area contributed by atoms with Crippen LogP contribution in [0.4, 0.5) is 34.1 Å². The van der Waals surface area contributed by atoms with E-state index in [1.165, 1.54) is 110 Å². The average Bonchev–Trinajstić information content (AvgIpc) is 2.91. The van der Waals surface area contributed by atoms with Crippen molar-refractivity contribution in [3.05, 3.63) is 254 Å². The van der Waals surface area contributed by atoms with Gasteiger partial charge in [0.25, 0.3) is 0 Å². The first-order valence-electron chi connectivity index (χ1n) is 27.4. The van der Waals surface area contributed by atoms with Crippen molar-refractivity contribution in [2.45, 2.75) is 52.4 Å². The molecule has 11 aromatic carbocycles. The summed E-state index contributed by atoms with van der Waals surface area (Å²) in [5, 5.41) is 9.93. The van der Waals surface area contributed by atoms with Gasteiger partial charge in [-0.05, 0) is 118 Å². The van der Waals surface area contributed by atoms with Gasteiger partial charge in [-0.2, -0.15) is 0 Å². The number of hydrogen-bond acceptors (Lipinski definition) is 2. The molecule has 4 heteroatoms. The van der Waals surface area contributed by atoms with Gasteiger partial charge >= 0.3 is 0 Å². The molecule has 0 saturated carbocycles. The van der Waals surface area contributed by atoms with Gasteiger partial charge in [0.05, 0.1) is 55.8 Å². The van der Waals surface area contributed by atoms with Crippen LogP contribution in [0.3, 0.4) is 0 Å². The van der Waals surface area contributed by atoms with Crippen molar-refractivity contribution in [1.29, 1.82) is 0 Å². The Bertz CT molecular complexity index is 4480. The molecule has 0 N–H and O–H groups in total. The van der Waals surface area contributed by atoms with Gasteiger partial charge in [-0.3, -0.25) is 0 Å². The number of nitrogens with zero attached hydrogens (tertiary/aromatic N) is 4. The molecule has 0 radical (unpaired) electrons. The molecule has 0 aliphatic heterocycles. The van der Waals surface area contributed by atoms with E-state index in [2.05, 4.69) is 303 Å². The zero-order valence-corrected chi connectivity index (χ0v) is 44.9. The molecule has 0 aliphatic carbocycles. The maximum absolute atomic E-state index is 2.56. The van der Waals surface area contributed by atoms with Gasteiger partial charge < -0.3 is 18.6 Å². The summed E-state index contributed by atoms with van der Waals surface area (Å²) in [6.07, 6.45) is 0. The highest BCUT2D eigenvalue weighted by atomic mass is 15.2. The van der Waals surface area contributed by atoms with Crippen molar-refractivity contribution in [2.75, 3.05) is 9.80 Å². The highest BCUT2D eigenvalue weighted by Crippen LogP contribution is 2.53. The van der Waals surface area contributed by atoms with Crippen molar-refractivity contribution in [3.8, 4) is 22.3 Å². The van der Waals surface area contributed by atoms with Crippen LogP contribution >= 0.6 is 0 Å². The summed E-state index contributed by atoms with van der Waals surface area (Å²) in [5.41, 5.74) is 21.5. The van der Waals surface area contributed by atoms with Gasteiger partial charge in [-0.15, -0.1) is 0 Å². The van der Waals surface area contributed by atoms with Gasteiger partial charge in [-0.25, -0.2) is 0 Å². The van der Waals surface area contributed by atoms with E-state index in [1.807, 2.05) is 0 Å². The predicted octanol–water partition coefficient (Wildman–Crippen LogP) is 20.9. The van der Waals surface area contributed by atoms with E-state index in [0.29, 0.717) is 0 Å². The average molecular weight is 1000 g/mol. The van der Waals surface area contributed by atoms with Crippen LogP contribution in [0.5, 0.6) is 0 Å². The quantitative estimate of drug-likeness (QED) is 0.151. The summed E-state index contributed by atoms with van der Waals surface area (Å²) in [6, 6.07) is 90.5. The molecule has 0 amide bonds. The maximum atomic E-state index is 2.56. The summed E-state index contributed by atoms with van der Waals surface area (Å²) in [5.74, 6) is 0.